The highest BCUT2D eigenvalue weighted by Gasteiger charge is 2.16. The van der Waals surface area contributed by atoms with E-state index in [1.165, 1.54) is 0 Å². The molecule has 3 N–H and O–H groups in total. The van der Waals surface area contributed by atoms with Gasteiger partial charge >= 0.3 is 0 Å². The molecular formula is C18H15N3O3. The largest absolute Gasteiger partial charge is 0.482 e. The second-order valence-electron chi connectivity index (χ2n) is 5.63. The summed E-state index contributed by atoms with van der Waals surface area (Å²) in [6, 6.07) is 12.9. The van der Waals surface area contributed by atoms with Crippen molar-refractivity contribution in [2.75, 3.05) is 11.9 Å². The van der Waals surface area contributed by atoms with Gasteiger partial charge in [0.1, 0.15) is 5.75 Å². The molecule has 1 aliphatic rings. The van der Waals surface area contributed by atoms with E-state index in [2.05, 4.69) is 15.6 Å². The van der Waals surface area contributed by atoms with E-state index in [0.29, 0.717) is 23.5 Å². The van der Waals surface area contributed by atoms with Gasteiger partial charge in [-0.3, -0.25) is 9.59 Å². The Morgan fingerprint density at radius 2 is 2.08 bits per heavy atom. The van der Waals surface area contributed by atoms with E-state index in [1.807, 2.05) is 36.5 Å². The van der Waals surface area contributed by atoms with Crippen molar-refractivity contribution < 1.29 is 14.3 Å². The van der Waals surface area contributed by atoms with E-state index in [4.69, 9.17) is 4.74 Å². The molecule has 0 spiro atoms. The molecule has 0 saturated carbocycles. The van der Waals surface area contributed by atoms with Crippen LogP contribution in [0.15, 0.2) is 48.7 Å². The van der Waals surface area contributed by atoms with Gasteiger partial charge in [-0.05, 0) is 42.0 Å². The molecule has 120 valence electrons. The van der Waals surface area contributed by atoms with Crippen LogP contribution in [0, 0.1) is 0 Å². The minimum Gasteiger partial charge on any atom is -0.482 e. The molecule has 2 aromatic carbocycles. The highest BCUT2D eigenvalue weighted by Crippen LogP contribution is 2.28. The van der Waals surface area contributed by atoms with E-state index in [0.717, 1.165) is 16.5 Å². The second kappa shape index (κ2) is 5.73. The highest BCUT2D eigenvalue weighted by atomic mass is 16.5. The first kappa shape index (κ1) is 14.3. The molecule has 0 atom stereocenters. The van der Waals surface area contributed by atoms with Gasteiger partial charge in [-0.15, -0.1) is 0 Å². The second-order valence-corrected chi connectivity index (χ2v) is 5.63. The first-order valence-corrected chi connectivity index (χ1v) is 7.60. The maximum absolute atomic E-state index is 12.3. The summed E-state index contributed by atoms with van der Waals surface area (Å²) in [6.45, 7) is 0.401. The first-order chi connectivity index (χ1) is 11.7. The van der Waals surface area contributed by atoms with Crippen LogP contribution in [-0.4, -0.2) is 23.4 Å². The molecule has 2 amide bonds. The van der Waals surface area contributed by atoms with Crippen molar-refractivity contribution in [2.24, 2.45) is 0 Å². The normalized spacial score (nSPS) is 13.1. The smallest absolute Gasteiger partial charge is 0.262 e. The van der Waals surface area contributed by atoms with Crippen LogP contribution >= 0.6 is 0 Å². The maximum atomic E-state index is 12.3. The van der Waals surface area contributed by atoms with E-state index in [1.54, 1.807) is 12.1 Å². The van der Waals surface area contributed by atoms with E-state index in [-0.39, 0.29) is 18.4 Å². The number of H-pyrrole nitrogens is 1. The van der Waals surface area contributed by atoms with Gasteiger partial charge in [0.2, 0.25) is 0 Å². The van der Waals surface area contributed by atoms with Crippen molar-refractivity contribution in [2.45, 2.75) is 6.54 Å². The Labute approximate surface area is 137 Å². The van der Waals surface area contributed by atoms with Crippen LogP contribution in [0.1, 0.15) is 15.9 Å². The molecule has 0 unspecified atom stereocenters. The molecule has 1 aliphatic heterocycles. The Morgan fingerprint density at radius 3 is 3.00 bits per heavy atom. The van der Waals surface area contributed by atoms with Crippen LogP contribution in [0.5, 0.6) is 5.75 Å². The predicted octanol–water partition coefficient (Wildman–Crippen LogP) is 2.43. The molecule has 2 heterocycles. The van der Waals surface area contributed by atoms with E-state index >= 15 is 0 Å². The zero-order valence-corrected chi connectivity index (χ0v) is 12.8. The van der Waals surface area contributed by atoms with Crippen LogP contribution < -0.4 is 15.4 Å². The van der Waals surface area contributed by atoms with Crippen molar-refractivity contribution >= 4 is 28.4 Å². The SMILES string of the molecule is O=C1COc2ccc(CNC(=O)c3ccc4[nH]ccc4c3)cc2N1. The predicted molar refractivity (Wildman–Crippen MR) is 90.0 cm³/mol. The molecule has 6 heteroatoms. The number of anilines is 1. The number of carbonyl (C=O) groups is 2. The van der Waals surface area contributed by atoms with Crippen LogP contribution in [-0.2, 0) is 11.3 Å². The molecule has 0 aliphatic carbocycles. The summed E-state index contributed by atoms with van der Waals surface area (Å²) in [7, 11) is 0. The third kappa shape index (κ3) is 2.69. The van der Waals surface area contributed by atoms with Crippen LogP contribution in [0.4, 0.5) is 5.69 Å². The van der Waals surface area contributed by atoms with Gasteiger partial charge in [-0.25, -0.2) is 0 Å². The molecule has 0 radical (unpaired) electrons. The number of carbonyl (C=O) groups excluding carboxylic acids is 2. The summed E-state index contributed by atoms with van der Waals surface area (Å²) < 4.78 is 5.32. The Bertz CT molecular complexity index is 946. The average molecular weight is 321 g/mol. The minimum atomic E-state index is -0.177. The molecule has 3 aromatic rings. The monoisotopic (exact) mass is 321 g/mol. The van der Waals surface area contributed by atoms with Crippen molar-refractivity contribution in [3.05, 3.63) is 59.8 Å². The lowest BCUT2D eigenvalue weighted by atomic mass is 10.1. The zero-order valence-electron chi connectivity index (χ0n) is 12.8. The molecular weight excluding hydrogens is 306 g/mol. The summed E-state index contributed by atoms with van der Waals surface area (Å²) in [5, 5.41) is 6.64. The molecule has 0 saturated heterocycles. The Hall–Kier alpha value is -3.28. The number of aromatic nitrogens is 1. The number of ether oxygens (including phenoxy) is 1. The zero-order chi connectivity index (χ0) is 16.5. The van der Waals surface area contributed by atoms with E-state index < -0.39 is 0 Å². The summed E-state index contributed by atoms with van der Waals surface area (Å²) >= 11 is 0. The fraction of sp³-hybridized carbons (Fsp3) is 0.111. The Balaban J connectivity index is 1.47. The Kier molecular flexibility index (Phi) is 3.42. The van der Waals surface area contributed by atoms with Crippen molar-refractivity contribution in [1.29, 1.82) is 0 Å². The lowest BCUT2D eigenvalue weighted by Gasteiger charge is -2.18. The van der Waals surface area contributed by atoms with Crippen LogP contribution in [0.3, 0.4) is 0 Å². The number of nitrogens with one attached hydrogen (secondary N) is 3. The van der Waals surface area contributed by atoms with Gasteiger partial charge in [0.05, 0.1) is 5.69 Å². The fourth-order valence-electron chi connectivity index (χ4n) is 2.72. The number of fused-ring (bicyclic) bond motifs is 2. The van der Waals surface area contributed by atoms with Gasteiger partial charge in [0.25, 0.3) is 11.8 Å². The topological polar surface area (TPSA) is 83.2 Å². The lowest BCUT2D eigenvalue weighted by molar-refractivity contribution is -0.118. The number of aromatic amines is 1. The average Bonchev–Trinajstić information content (AvgIpc) is 3.06. The molecule has 4 rings (SSSR count). The summed E-state index contributed by atoms with van der Waals surface area (Å²) in [5.74, 6) is 0.321. The molecule has 1 aromatic heterocycles. The third-order valence-corrected chi connectivity index (χ3v) is 3.95. The number of benzene rings is 2. The molecule has 0 bridgehead atoms. The van der Waals surface area contributed by atoms with Crippen LogP contribution in [0.2, 0.25) is 0 Å². The molecule has 24 heavy (non-hydrogen) atoms. The lowest BCUT2D eigenvalue weighted by Crippen LogP contribution is -2.26. The standard InChI is InChI=1S/C18H15N3O3/c22-17-10-24-16-4-1-11(7-15(16)21-17)9-20-18(23)13-2-3-14-12(8-13)5-6-19-14/h1-8,19H,9-10H2,(H,20,23)(H,21,22). The van der Waals surface area contributed by atoms with Gasteiger partial charge in [-0.2, -0.15) is 0 Å². The quantitative estimate of drug-likeness (QED) is 0.693. The number of amides is 2. The first-order valence-electron chi connectivity index (χ1n) is 7.60. The third-order valence-electron chi connectivity index (χ3n) is 3.95. The highest BCUT2D eigenvalue weighted by molar-refractivity contribution is 5.98. The number of hydrogen-bond donors (Lipinski definition) is 3. The molecule has 0 fully saturated rings. The van der Waals surface area contributed by atoms with Gasteiger partial charge < -0.3 is 20.4 Å². The van der Waals surface area contributed by atoms with E-state index in [9.17, 15) is 9.59 Å². The van der Waals surface area contributed by atoms with Crippen molar-refractivity contribution in [1.82, 2.24) is 10.3 Å². The number of rotatable bonds is 3. The van der Waals surface area contributed by atoms with Crippen LogP contribution in [0.25, 0.3) is 10.9 Å². The van der Waals surface area contributed by atoms with Gasteiger partial charge in [0, 0.05) is 29.2 Å². The number of hydrogen-bond acceptors (Lipinski definition) is 3. The summed E-state index contributed by atoms with van der Waals surface area (Å²) in [4.78, 5) is 26.8. The summed E-state index contributed by atoms with van der Waals surface area (Å²) in [5.41, 5.74) is 3.12. The van der Waals surface area contributed by atoms with Gasteiger partial charge in [-0.1, -0.05) is 6.07 Å². The summed E-state index contributed by atoms with van der Waals surface area (Å²) in [6.07, 6.45) is 1.84. The van der Waals surface area contributed by atoms with Crippen molar-refractivity contribution in [3.63, 3.8) is 0 Å². The minimum absolute atomic E-state index is 0.0325. The maximum Gasteiger partial charge on any atom is 0.262 e. The van der Waals surface area contributed by atoms with Gasteiger partial charge in [0.15, 0.2) is 6.61 Å². The van der Waals surface area contributed by atoms with Crippen molar-refractivity contribution in [3.8, 4) is 5.75 Å². The molecule has 6 nitrogen and oxygen atoms in total. The Morgan fingerprint density at radius 1 is 1.17 bits per heavy atom. The fourth-order valence-corrected chi connectivity index (χ4v) is 2.72.